The molecule has 82 valence electrons. The molecule has 0 N–H and O–H groups in total. The molecule has 0 saturated carbocycles. The third-order valence-corrected chi connectivity index (χ3v) is 2.04. The van der Waals surface area contributed by atoms with Crippen molar-refractivity contribution in [1.82, 2.24) is 9.88 Å². The zero-order valence-electron chi connectivity index (χ0n) is 8.74. The van der Waals surface area contributed by atoms with Crippen molar-refractivity contribution in [2.24, 2.45) is 0 Å². The first-order valence-corrected chi connectivity index (χ1v) is 4.86. The van der Waals surface area contributed by atoms with Crippen LogP contribution >= 0.6 is 11.6 Å². The van der Waals surface area contributed by atoms with Crippen LogP contribution in [0.3, 0.4) is 0 Å². The number of carbonyl (C=O) groups is 1. The predicted molar refractivity (Wildman–Crippen MR) is 57.6 cm³/mol. The molecule has 0 atom stereocenters. The molecule has 0 aromatic carbocycles. The summed E-state index contributed by atoms with van der Waals surface area (Å²) in [6.07, 6.45) is 0. The average Bonchev–Trinajstić information content (AvgIpc) is 2.17. The fraction of sp³-hybridized carbons (Fsp3) is 0.400. The van der Waals surface area contributed by atoms with Crippen molar-refractivity contribution in [3.63, 3.8) is 0 Å². The second-order valence-corrected chi connectivity index (χ2v) is 3.59. The maximum absolute atomic E-state index is 11.0. The summed E-state index contributed by atoms with van der Waals surface area (Å²) in [4.78, 5) is 16.9. The highest BCUT2D eigenvalue weighted by Gasteiger charge is 2.07. The molecule has 0 fully saturated rings. The van der Waals surface area contributed by atoms with Crippen LogP contribution in [-0.4, -0.2) is 36.6 Å². The van der Waals surface area contributed by atoms with Crippen LogP contribution in [-0.2, 0) is 16.1 Å². The maximum atomic E-state index is 11.0. The SMILES string of the molecule is COC(=O)CN(C)Cc1cccc(Cl)n1. The topological polar surface area (TPSA) is 42.4 Å². The summed E-state index contributed by atoms with van der Waals surface area (Å²) in [5, 5.41) is 0.457. The van der Waals surface area contributed by atoms with Crippen LogP contribution in [0.25, 0.3) is 0 Å². The summed E-state index contributed by atoms with van der Waals surface area (Å²) in [7, 11) is 3.19. The second kappa shape index (κ2) is 5.68. The number of aromatic nitrogens is 1. The quantitative estimate of drug-likeness (QED) is 0.576. The van der Waals surface area contributed by atoms with Gasteiger partial charge in [0.05, 0.1) is 19.3 Å². The third-order valence-electron chi connectivity index (χ3n) is 1.83. The fourth-order valence-electron chi connectivity index (χ4n) is 1.16. The molecule has 0 unspecified atom stereocenters. The highest BCUT2D eigenvalue weighted by molar-refractivity contribution is 6.29. The van der Waals surface area contributed by atoms with E-state index in [2.05, 4.69) is 9.72 Å². The number of hydrogen-bond acceptors (Lipinski definition) is 4. The first-order valence-electron chi connectivity index (χ1n) is 4.48. The van der Waals surface area contributed by atoms with Gasteiger partial charge < -0.3 is 4.74 Å². The van der Waals surface area contributed by atoms with Gasteiger partial charge in [-0.05, 0) is 19.2 Å². The Labute approximate surface area is 93.8 Å². The van der Waals surface area contributed by atoms with E-state index < -0.39 is 0 Å². The summed E-state index contributed by atoms with van der Waals surface area (Å²) in [6, 6.07) is 5.40. The average molecular weight is 229 g/mol. The molecule has 0 spiro atoms. The lowest BCUT2D eigenvalue weighted by Crippen LogP contribution is -2.26. The van der Waals surface area contributed by atoms with E-state index in [1.807, 2.05) is 24.1 Å². The van der Waals surface area contributed by atoms with Gasteiger partial charge in [-0.3, -0.25) is 9.69 Å². The van der Waals surface area contributed by atoms with Gasteiger partial charge in [0.25, 0.3) is 0 Å². The van der Waals surface area contributed by atoms with Crippen molar-refractivity contribution in [2.45, 2.75) is 6.54 Å². The van der Waals surface area contributed by atoms with E-state index in [1.54, 1.807) is 6.07 Å². The van der Waals surface area contributed by atoms with E-state index in [-0.39, 0.29) is 12.5 Å². The highest BCUT2D eigenvalue weighted by atomic mass is 35.5. The monoisotopic (exact) mass is 228 g/mol. The molecule has 0 saturated heterocycles. The number of methoxy groups -OCH3 is 1. The number of likely N-dealkylation sites (N-methyl/N-ethyl adjacent to an activating group) is 1. The Hall–Kier alpha value is -1.13. The van der Waals surface area contributed by atoms with Crippen molar-refractivity contribution in [2.75, 3.05) is 20.7 Å². The van der Waals surface area contributed by atoms with Crippen molar-refractivity contribution < 1.29 is 9.53 Å². The Morgan fingerprint density at radius 2 is 2.33 bits per heavy atom. The highest BCUT2D eigenvalue weighted by Crippen LogP contribution is 2.06. The van der Waals surface area contributed by atoms with Crippen LogP contribution in [0.4, 0.5) is 0 Å². The normalized spacial score (nSPS) is 10.4. The van der Waals surface area contributed by atoms with E-state index in [0.29, 0.717) is 11.7 Å². The molecular weight excluding hydrogens is 216 g/mol. The van der Waals surface area contributed by atoms with Gasteiger partial charge in [-0.15, -0.1) is 0 Å². The smallest absolute Gasteiger partial charge is 0.319 e. The number of nitrogens with zero attached hydrogens (tertiary/aromatic N) is 2. The number of ether oxygens (including phenoxy) is 1. The molecule has 15 heavy (non-hydrogen) atoms. The minimum Gasteiger partial charge on any atom is -0.468 e. The van der Waals surface area contributed by atoms with Crippen LogP contribution in [0.5, 0.6) is 0 Å². The molecular formula is C10H13ClN2O2. The zero-order chi connectivity index (χ0) is 11.3. The van der Waals surface area contributed by atoms with Gasteiger partial charge in [-0.2, -0.15) is 0 Å². The molecule has 0 aliphatic heterocycles. The Morgan fingerprint density at radius 1 is 1.60 bits per heavy atom. The van der Waals surface area contributed by atoms with E-state index in [1.165, 1.54) is 7.11 Å². The van der Waals surface area contributed by atoms with E-state index in [0.717, 1.165) is 5.69 Å². The number of pyridine rings is 1. The van der Waals surface area contributed by atoms with E-state index >= 15 is 0 Å². The first kappa shape index (κ1) is 11.9. The lowest BCUT2D eigenvalue weighted by molar-refractivity contribution is -0.141. The van der Waals surface area contributed by atoms with Crippen LogP contribution in [0.1, 0.15) is 5.69 Å². The Bertz CT molecular complexity index is 344. The Balaban J connectivity index is 2.51. The molecule has 4 nitrogen and oxygen atoms in total. The van der Waals surface area contributed by atoms with Gasteiger partial charge in [-0.1, -0.05) is 17.7 Å². The molecule has 0 amide bonds. The molecule has 0 aliphatic rings. The maximum Gasteiger partial charge on any atom is 0.319 e. The van der Waals surface area contributed by atoms with E-state index in [4.69, 9.17) is 11.6 Å². The number of hydrogen-bond donors (Lipinski definition) is 0. The third kappa shape index (κ3) is 4.27. The molecule has 5 heteroatoms. The minimum absolute atomic E-state index is 0.241. The largest absolute Gasteiger partial charge is 0.468 e. The number of esters is 1. The van der Waals surface area contributed by atoms with Gasteiger partial charge in [0.2, 0.25) is 0 Å². The molecule has 1 rings (SSSR count). The van der Waals surface area contributed by atoms with Crippen LogP contribution < -0.4 is 0 Å². The fourth-order valence-corrected chi connectivity index (χ4v) is 1.34. The van der Waals surface area contributed by atoms with Crippen LogP contribution in [0.15, 0.2) is 18.2 Å². The number of carbonyl (C=O) groups excluding carboxylic acids is 1. The molecule has 0 bridgehead atoms. The standard InChI is InChI=1S/C10H13ClN2O2/c1-13(7-10(14)15-2)6-8-4-3-5-9(11)12-8/h3-5H,6-7H2,1-2H3. The first-order chi connectivity index (χ1) is 7.11. The summed E-state index contributed by atoms with van der Waals surface area (Å²) in [5.74, 6) is -0.264. The van der Waals surface area contributed by atoms with Crippen LogP contribution in [0, 0.1) is 0 Å². The van der Waals surface area contributed by atoms with E-state index in [9.17, 15) is 4.79 Å². The summed E-state index contributed by atoms with van der Waals surface area (Å²) < 4.78 is 4.56. The van der Waals surface area contributed by atoms with Crippen molar-refractivity contribution in [1.29, 1.82) is 0 Å². The molecule has 1 aromatic heterocycles. The molecule has 1 heterocycles. The Morgan fingerprint density at radius 3 is 2.93 bits per heavy atom. The van der Waals surface area contributed by atoms with Crippen molar-refractivity contribution >= 4 is 17.6 Å². The van der Waals surface area contributed by atoms with Crippen molar-refractivity contribution in [3.05, 3.63) is 29.0 Å². The molecule has 0 radical (unpaired) electrons. The molecule has 1 aromatic rings. The summed E-state index contributed by atoms with van der Waals surface area (Å²) in [5.41, 5.74) is 0.828. The zero-order valence-corrected chi connectivity index (χ0v) is 9.49. The summed E-state index contributed by atoms with van der Waals surface area (Å²) >= 11 is 5.74. The predicted octanol–water partition coefficient (Wildman–Crippen LogP) is 1.34. The van der Waals surface area contributed by atoms with Gasteiger partial charge in [0, 0.05) is 6.54 Å². The minimum atomic E-state index is -0.264. The van der Waals surface area contributed by atoms with Crippen molar-refractivity contribution in [3.8, 4) is 0 Å². The summed E-state index contributed by atoms with van der Waals surface area (Å²) in [6.45, 7) is 0.806. The molecule has 0 aliphatic carbocycles. The second-order valence-electron chi connectivity index (χ2n) is 3.20. The Kier molecular flexibility index (Phi) is 4.52. The lowest BCUT2D eigenvalue weighted by Gasteiger charge is -2.14. The number of rotatable bonds is 4. The number of halogens is 1. The van der Waals surface area contributed by atoms with Gasteiger partial charge in [0.15, 0.2) is 0 Å². The van der Waals surface area contributed by atoms with Gasteiger partial charge in [-0.25, -0.2) is 4.98 Å². The lowest BCUT2D eigenvalue weighted by atomic mass is 10.3. The van der Waals surface area contributed by atoms with Crippen LogP contribution in [0.2, 0.25) is 5.15 Å². The van der Waals surface area contributed by atoms with Gasteiger partial charge in [0.1, 0.15) is 5.15 Å². The van der Waals surface area contributed by atoms with Gasteiger partial charge >= 0.3 is 5.97 Å².